The molecule has 2 aromatic carbocycles. The Bertz CT molecular complexity index is 1290. The Morgan fingerprint density at radius 3 is 2.37 bits per heavy atom. The van der Waals surface area contributed by atoms with Gasteiger partial charge in [-0.1, -0.05) is 36.8 Å². The molecule has 0 saturated carbocycles. The number of carbonyl (C=O) groups is 1. The van der Waals surface area contributed by atoms with Gasteiger partial charge in [-0.15, -0.1) is 0 Å². The zero-order valence-corrected chi connectivity index (χ0v) is 24.7. The second-order valence-corrected chi connectivity index (χ2v) is 12.2. The highest BCUT2D eigenvalue weighted by atomic mass is 16.1. The van der Waals surface area contributed by atoms with E-state index < -0.39 is 0 Å². The zero-order valence-electron chi connectivity index (χ0n) is 24.7. The number of likely N-dealkylation sites (tertiary alicyclic amines) is 2. The average Bonchev–Trinajstić information content (AvgIpc) is 3.03. The quantitative estimate of drug-likeness (QED) is 0.407. The first-order valence-corrected chi connectivity index (χ1v) is 15.8. The highest BCUT2D eigenvalue weighted by Gasteiger charge is 2.25. The summed E-state index contributed by atoms with van der Waals surface area (Å²) < 4.78 is 0. The molecule has 1 aromatic heterocycles. The van der Waals surface area contributed by atoms with Crippen LogP contribution < -0.4 is 10.2 Å². The number of hydrogen-bond donors (Lipinski definition) is 1. The first-order chi connectivity index (χ1) is 20.1. The van der Waals surface area contributed by atoms with E-state index in [2.05, 4.69) is 56.2 Å². The largest absolute Gasteiger partial charge is 0.369 e. The van der Waals surface area contributed by atoms with E-state index in [-0.39, 0.29) is 5.91 Å². The number of anilines is 1. The number of hydrogen-bond acceptors (Lipinski definition) is 6. The van der Waals surface area contributed by atoms with E-state index in [4.69, 9.17) is 4.98 Å². The molecule has 0 spiro atoms. The normalized spacial score (nSPS) is 20.0. The Morgan fingerprint density at radius 2 is 1.61 bits per heavy atom. The standard InChI is InChI=1S/C34H46N6O/c1-37-22-24-40(25-23-37)28-12-10-27(11-13-28)33-26-31(30-8-3-4-9-32(30)36-33)34(41)35-16-7-17-38-20-14-29(15-21-38)39-18-5-2-6-19-39/h3-4,8-13,26,29H,2,5-7,14-25H2,1H3,(H,35,41). The van der Waals surface area contributed by atoms with E-state index in [0.717, 1.165) is 67.3 Å². The van der Waals surface area contributed by atoms with E-state index in [1.165, 1.54) is 64.0 Å². The topological polar surface area (TPSA) is 55.0 Å². The molecule has 0 unspecified atom stereocenters. The number of nitrogens with one attached hydrogen (secondary N) is 1. The van der Waals surface area contributed by atoms with E-state index in [9.17, 15) is 4.79 Å². The fourth-order valence-corrected chi connectivity index (χ4v) is 6.81. The number of aromatic nitrogens is 1. The molecule has 0 bridgehead atoms. The number of para-hydroxylation sites is 1. The average molecular weight is 555 g/mol. The third kappa shape index (κ3) is 6.91. The van der Waals surface area contributed by atoms with Gasteiger partial charge in [0.25, 0.3) is 5.91 Å². The number of nitrogens with zero attached hydrogens (tertiary/aromatic N) is 5. The summed E-state index contributed by atoms with van der Waals surface area (Å²) in [7, 11) is 2.18. The summed E-state index contributed by atoms with van der Waals surface area (Å²) in [5, 5.41) is 4.12. The zero-order chi connectivity index (χ0) is 28.0. The molecule has 218 valence electrons. The van der Waals surface area contributed by atoms with Crippen molar-refractivity contribution in [1.29, 1.82) is 0 Å². The van der Waals surface area contributed by atoms with Crippen molar-refractivity contribution >= 4 is 22.5 Å². The lowest BCUT2D eigenvalue weighted by atomic mass is 10.00. The van der Waals surface area contributed by atoms with Crippen molar-refractivity contribution < 1.29 is 4.79 Å². The predicted octanol–water partition coefficient (Wildman–Crippen LogP) is 4.72. The van der Waals surface area contributed by atoms with Crippen LogP contribution in [0.15, 0.2) is 54.6 Å². The van der Waals surface area contributed by atoms with Crippen LogP contribution in [0.5, 0.6) is 0 Å². The molecular formula is C34H46N6O. The van der Waals surface area contributed by atoms with Gasteiger partial charge < -0.3 is 24.9 Å². The molecule has 3 aliphatic heterocycles. The van der Waals surface area contributed by atoms with Crippen molar-refractivity contribution in [3.8, 4) is 11.3 Å². The van der Waals surface area contributed by atoms with Crippen molar-refractivity contribution in [2.45, 2.75) is 44.6 Å². The minimum absolute atomic E-state index is 0.0114. The molecule has 3 saturated heterocycles. The van der Waals surface area contributed by atoms with Crippen molar-refractivity contribution in [3.05, 3.63) is 60.2 Å². The Hall–Kier alpha value is -3.00. The van der Waals surface area contributed by atoms with Crippen LogP contribution in [0.2, 0.25) is 0 Å². The molecule has 4 heterocycles. The van der Waals surface area contributed by atoms with Crippen LogP contribution >= 0.6 is 0 Å². The SMILES string of the molecule is CN1CCN(c2ccc(-c3cc(C(=O)NCCCN4CCC(N5CCCCC5)CC4)c4ccccc4n3)cc2)CC1. The number of rotatable bonds is 8. The number of piperidine rings is 2. The molecule has 1 amide bonds. The Kier molecular flexibility index (Phi) is 9.14. The molecule has 3 aromatic rings. The summed E-state index contributed by atoms with van der Waals surface area (Å²) in [6, 6.07) is 19.4. The maximum Gasteiger partial charge on any atom is 0.252 e. The first kappa shape index (κ1) is 28.1. The van der Waals surface area contributed by atoms with Crippen molar-refractivity contribution in [2.24, 2.45) is 0 Å². The van der Waals surface area contributed by atoms with Crippen LogP contribution in [0.1, 0.15) is 48.9 Å². The predicted molar refractivity (Wildman–Crippen MR) is 169 cm³/mol. The number of pyridine rings is 1. The van der Waals surface area contributed by atoms with E-state index in [1.54, 1.807) is 0 Å². The third-order valence-corrected chi connectivity index (χ3v) is 9.39. The summed E-state index contributed by atoms with van der Waals surface area (Å²) >= 11 is 0. The van der Waals surface area contributed by atoms with E-state index in [0.29, 0.717) is 12.1 Å². The van der Waals surface area contributed by atoms with Gasteiger partial charge >= 0.3 is 0 Å². The van der Waals surface area contributed by atoms with Crippen LogP contribution in [0.3, 0.4) is 0 Å². The molecule has 7 nitrogen and oxygen atoms in total. The highest BCUT2D eigenvalue weighted by molar-refractivity contribution is 6.07. The van der Waals surface area contributed by atoms with Crippen LogP contribution in [0.25, 0.3) is 22.2 Å². The number of piperazine rings is 1. The Morgan fingerprint density at radius 1 is 0.878 bits per heavy atom. The van der Waals surface area contributed by atoms with Crippen molar-refractivity contribution in [3.63, 3.8) is 0 Å². The lowest BCUT2D eigenvalue weighted by Gasteiger charge is -2.40. The Balaban J connectivity index is 1.05. The minimum Gasteiger partial charge on any atom is -0.369 e. The molecule has 0 aliphatic carbocycles. The van der Waals surface area contributed by atoms with Crippen molar-refractivity contribution in [1.82, 2.24) is 25.0 Å². The maximum atomic E-state index is 13.4. The summed E-state index contributed by atoms with van der Waals surface area (Å²) in [4.78, 5) is 28.5. The summed E-state index contributed by atoms with van der Waals surface area (Å²) in [6.07, 6.45) is 7.70. The molecule has 0 atom stereocenters. The summed E-state index contributed by atoms with van der Waals surface area (Å²) in [5.74, 6) is -0.0114. The molecule has 3 fully saturated rings. The van der Waals surface area contributed by atoms with Gasteiger partial charge in [-0.2, -0.15) is 0 Å². The van der Waals surface area contributed by atoms with Gasteiger partial charge in [0.15, 0.2) is 0 Å². The van der Waals surface area contributed by atoms with Gasteiger partial charge in [0.05, 0.1) is 16.8 Å². The second-order valence-electron chi connectivity index (χ2n) is 12.2. The van der Waals surface area contributed by atoms with Gasteiger partial charge in [0, 0.05) is 55.4 Å². The van der Waals surface area contributed by atoms with Gasteiger partial charge in [0.2, 0.25) is 0 Å². The molecule has 3 aliphatic rings. The second kappa shape index (κ2) is 13.3. The molecule has 0 radical (unpaired) electrons. The molecule has 6 rings (SSSR count). The van der Waals surface area contributed by atoms with E-state index in [1.807, 2.05) is 30.3 Å². The first-order valence-electron chi connectivity index (χ1n) is 15.8. The number of carbonyl (C=O) groups excluding carboxylic acids is 1. The number of benzene rings is 2. The monoisotopic (exact) mass is 554 g/mol. The van der Waals surface area contributed by atoms with Crippen LogP contribution in [-0.4, -0.2) is 104 Å². The summed E-state index contributed by atoms with van der Waals surface area (Å²) in [5.41, 5.74) is 4.69. The third-order valence-electron chi connectivity index (χ3n) is 9.39. The minimum atomic E-state index is -0.0114. The van der Waals surface area contributed by atoms with Crippen molar-refractivity contribution in [2.75, 3.05) is 77.4 Å². The molecular weight excluding hydrogens is 508 g/mol. The maximum absolute atomic E-state index is 13.4. The molecule has 7 heteroatoms. The van der Waals surface area contributed by atoms with Crippen LogP contribution in [0.4, 0.5) is 5.69 Å². The van der Waals surface area contributed by atoms with Gasteiger partial charge in [0.1, 0.15) is 0 Å². The smallest absolute Gasteiger partial charge is 0.252 e. The lowest BCUT2D eigenvalue weighted by Crippen LogP contribution is -2.47. The number of amides is 1. The molecule has 41 heavy (non-hydrogen) atoms. The number of fused-ring (bicyclic) bond motifs is 1. The fourth-order valence-electron chi connectivity index (χ4n) is 6.81. The highest BCUT2D eigenvalue weighted by Crippen LogP contribution is 2.27. The molecule has 1 N–H and O–H groups in total. The van der Waals surface area contributed by atoms with Crippen LogP contribution in [0, 0.1) is 0 Å². The Labute approximate surface area is 245 Å². The fraction of sp³-hybridized carbons (Fsp3) is 0.529. The van der Waals surface area contributed by atoms with Crippen LogP contribution in [-0.2, 0) is 0 Å². The number of likely N-dealkylation sites (N-methyl/N-ethyl adjacent to an activating group) is 1. The van der Waals surface area contributed by atoms with E-state index >= 15 is 0 Å². The van der Waals surface area contributed by atoms with Gasteiger partial charge in [-0.05, 0) is 96.1 Å². The summed E-state index contributed by atoms with van der Waals surface area (Å²) in [6.45, 7) is 11.0. The van der Waals surface area contributed by atoms with Gasteiger partial charge in [-0.25, -0.2) is 4.98 Å². The lowest BCUT2D eigenvalue weighted by molar-refractivity contribution is 0.0903. The van der Waals surface area contributed by atoms with Gasteiger partial charge in [-0.3, -0.25) is 4.79 Å².